The zero-order valence-electron chi connectivity index (χ0n) is 18.0. The van der Waals surface area contributed by atoms with Crippen LogP contribution in [0, 0.1) is 17.6 Å². The van der Waals surface area contributed by atoms with E-state index in [1.165, 1.54) is 6.20 Å². The summed E-state index contributed by atoms with van der Waals surface area (Å²) in [7, 11) is 0. The van der Waals surface area contributed by atoms with E-state index in [1.54, 1.807) is 6.07 Å². The van der Waals surface area contributed by atoms with Crippen molar-refractivity contribution in [1.82, 2.24) is 15.3 Å². The van der Waals surface area contributed by atoms with Crippen molar-refractivity contribution in [3.05, 3.63) is 83.0 Å². The Morgan fingerprint density at radius 2 is 2.09 bits per heavy atom. The van der Waals surface area contributed by atoms with Crippen LogP contribution in [0.5, 0.6) is 0 Å². The third-order valence-electron chi connectivity index (χ3n) is 5.61. The summed E-state index contributed by atoms with van der Waals surface area (Å²) in [4.78, 5) is 10.8. The molecule has 4 N–H and O–H groups in total. The molecule has 2 aromatic carbocycles. The Balaban J connectivity index is 1.63. The standard InChI is InChI=1S/C24H25ClF2N6/c1-15(19-4-2-3-5-20(19)25)33(14-16-8-9-29-11-16)23-22(28)13-31-24(32-23)30-12-17-10-18(26)6-7-21(17)27/h2-7,10,13,16,29H,1,8-9,11-12,14,28H2,(H,30,31,32). The number of nitrogens with two attached hydrogens (primary N) is 1. The van der Waals surface area contributed by atoms with Gasteiger partial charge in [-0.1, -0.05) is 36.4 Å². The maximum absolute atomic E-state index is 14.0. The summed E-state index contributed by atoms with van der Waals surface area (Å²) in [5.74, 6) is 0.0614. The minimum absolute atomic E-state index is 0.0188. The van der Waals surface area contributed by atoms with Gasteiger partial charge in [0.05, 0.1) is 11.9 Å². The number of nitrogens with zero attached hydrogens (tertiary/aromatic N) is 3. The van der Waals surface area contributed by atoms with Crippen molar-refractivity contribution in [3.63, 3.8) is 0 Å². The fourth-order valence-electron chi connectivity index (χ4n) is 3.83. The van der Waals surface area contributed by atoms with Crippen LogP contribution >= 0.6 is 11.6 Å². The molecule has 2 heterocycles. The van der Waals surface area contributed by atoms with Crippen molar-refractivity contribution in [1.29, 1.82) is 0 Å². The summed E-state index contributed by atoms with van der Waals surface area (Å²) < 4.78 is 27.5. The fraction of sp³-hybridized carbons (Fsp3) is 0.250. The van der Waals surface area contributed by atoms with Gasteiger partial charge in [0.2, 0.25) is 5.95 Å². The maximum atomic E-state index is 14.0. The Morgan fingerprint density at radius 1 is 1.27 bits per heavy atom. The van der Waals surface area contributed by atoms with Gasteiger partial charge in [0.1, 0.15) is 11.6 Å². The topological polar surface area (TPSA) is 79.1 Å². The van der Waals surface area contributed by atoms with Gasteiger partial charge in [-0.05, 0) is 49.7 Å². The summed E-state index contributed by atoms with van der Waals surface area (Å²) in [6, 6.07) is 10.8. The summed E-state index contributed by atoms with van der Waals surface area (Å²) in [5, 5.41) is 6.90. The summed E-state index contributed by atoms with van der Waals surface area (Å²) in [6.45, 7) is 6.76. The van der Waals surface area contributed by atoms with Gasteiger partial charge in [-0.3, -0.25) is 0 Å². The third kappa shape index (κ3) is 5.40. The van der Waals surface area contributed by atoms with Gasteiger partial charge < -0.3 is 21.3 Å². The summed E-state index contributed by atoms with van der Waals surface area (Å²) in [5.41, 5.74) is 8.26. The van der Waals surface area contributed by atoms with E-state index in [2.05, 4.69) is 27.2 Å². The predicted octanol–water partition coefficient (Wildman–Crippen LogP) is 4.69. The lowest BCUT2D eigenvalue weighted by Gasteiger charge is -2.30. The number of nitrogens with one attached hydrogen (secondary N) is 2. The molecule has 1 unspecified atom stereocenters. The molecule has 0 spiro atoms. The minimum Gasteiger partial charge on any atom is -0.394 e. The van der Waals surface area contributed by atoms with Crippen LogP contribution in [-0.4, -0.2) is 29.6 Å². The largest absolute Gasteiger partial charge is 0.394 e. The van der Waals surface area contributed by atoms with E-state index in [9.17, 15) is 8.78 Å². The maximum Gasteiger partial charge on any atom is 0.225 e. The number of hydrogen-bond acceptors (Lipinski definition) is 6. The molecular formula is C24H25ClF2N6. The van der Waals surface area contributed by atoms with Crippen molar-refractivity contribution >= 4 is 34.8 Å². The monoisotopic (exact) mass is 470 g/mol. The number of rotatable bonds is 8. The van der Waals surface area contributed by atoms with Crippen LogP contribution in [0.3, 0.4) is 0 Å². The quantitative estimate of drug-likeness (QED) is 0.443. The number of hydrogen-bond donors (Lipinski definition) is 3. The van der Waals surface area contributed by atoms with Crippen LogP contribution in [0.2, 0.25) is 5.02 Å². The molecule has 1 aliphatic heterocycles. The zero-order valence-corrected chi connectivity index (χ0v) is 18.7. The van der Waals surface area contributed by atoms with E-state index in [1.807, 2.05) is 23.1 Å². The first kappa shape index (κ1) is 22.9. The molecule has 1 atom stereocenters. The predicted molar refractivity (Wildman–Crippen MR) is 129 cm³/mol. The molecule has 6 nitrogen and oxygen atoms in total. The molecular weight excluding hydrogens is 446 g/mol. The molecule has 1 aromatic heterocycles. The first-order chi connectivity index (χ1) is 15.9. The second kappa shape index (κ2) is 10.1. The van der Waals surface area contributed by atoms with Gasteiger partial charge in [-0.15, -0.1) is 0 Å². The first-order valence-electron chi connectivity index (χ1n) is 10.6. The van der Waals surface area contributed by atoms with Gasteiger partial charge in [0.15, 0.2) is 5.82 Å². The lowest BCUT2D eigenvalue weighted by molar-refractivity contribution is 0.586. The Labute approximate surface area is 196 Å². The van der Waals surface area contributed by atoms with E-state index in [0.29, 0.717) is 34.7 Å². The Hall–Kier alpha value is -3.23. The number of nitrogen functional groups attached to an aromatic ring is 1. The van der Waals surface area contributed by atoms with Crippen molar-refractivity contribution in [2.45, 2.75) is 13.0 Å². The van der Waals surface area contributed by atoms with Crippen molar-refractivity contribution < 1.29 is 8.78 Å². The fourth-order valence-corrected chi connectivity index (χ4v) is 4.07. The van der Waals surface area contributed by atoms with Crippen molar-refractivity contribution in [2.75, 3.05) is 35.6 Å². The molecule has 3 aromatic rings. The van der Waals surface area contributed by atoms with Crippen LogP contribution in [0.15, 0.2) is 55.2 Å². The van der Waals surface area contributed by atoms with E-state index in [4.69, 9.17) is 17.3 Å². The van der Waals surface area contributed by atoms with E-state index in [-0.39, 0.29) is 18.1 Å². The van der Waals surface area contributed by atoms with E-state index in [0.717, 1.165) is 43.3 Å². The first-order valence-corrected chi connectivity index (χ1v) is 11.0. The number of aromatic nitrogens is 2. The molecule has 0 amide bonds. The Kier molecular flexibility index (Phi) is 7.05. The molecule has 1 fully saturated rings. The number of benzene rings is 2. The molecule has 0 radical (unpaired) electrons. The highest BCUT2D eigenvalue weighted by atomic mass is 35.5. The average molecular weight is 471 g/mol. The molecule has 0 aliphatic carbocycles. The number of halogens is 3. The summed E-state index contributed by atoms with van der Waals surface area (Å²) >= 11 is 6.44. The van der Waals surface area contributed by atoms with Gasteiger partial charge in [0, 0.05) is 34.9 Å². The number of anilines is 3. The van der Waals surface area contributed by atoms with Gasteiger partial charge in [-0.25, -0.2) is 13.8 Å². The molecule has 9 heteroatoms. The Bertz CT molecular complexity index is 1150. The molecule has 33 heavy (non-hydrogen) atoms. The van der Waals surface area contributed by atoms with E-state index < -0.39 is 11.6 Å². The smallest absolute Gasteiger partial charge is 0.225 e. The highest BCUT2D eigenvalue weighted by Crippen LogP contribution is 2.33. The van der Waals surface area contributed by atoms with Gasteiger partial charge >= 0.3 is 0 Å². The van der Waals surface area contributed by atoms with Gasteiger partial charge in [-0.2, -0.15) is 4.98 Å². The SMILES string of the molecule is C=C(c1ccccc1Cl)N(CC1CCNC1)c1nc(NCc2cc(F)ccc2F)ncc1N. The van der Waals surface area contributed by atoms with Gasteiger partial charge in [0.25, 0.3) is 0 Å². The van der Waals surface area contributed by atoms with Crippen LogP contribution in [0.25, 0.3) is 5.70 Å². The van der Waals surface area contributed by atoms with Crippen molar-refractivity contribution in [3.8, 4) is 0 Å². The average Bonchev–Trinajstić information content (AvgIpc) is 3.32. The lowest BCUT2D eigenvalue weighted by atomic mass is 10.1. The third-order valence-corrected chi connectivity index (χ3v) is 5.94. The normalized spacial score (nSPS) is 15.4. The van der Waals surface area contributed by atoms with Crippen LogP contribution in [0.4, 0.5) is 26.2 Å². The second-order valence-electron chi connectivity index (χ2n) is 7.96. The zero-order chi connectivity index (χ0) is 23.4. The molecule has 1 saturated heterocycles. The minimum atomic E-state index is -0.514. The van der Waals surface area contributed by atoms with Crippen LogP contribution in [0.1, 0.15) is 17.5 Å². The second-order valence-corrected chi connectivity index (χ2v) is 8.37. The lowest BCUT2D eigenvalue weighted by Crippen LogP contribution is -2.31. The molecule has 172 valence electrons. The molecule has 4 rings (SSSR count). The summed E-state index contributed by atoms with van der Waals surface area (Å²) in [6.07, 6.45) is 2.51. The van der Waals surface area contributed by atoms with Crippen LogP contribution < -0.4 is 21.3 Å². The highest BCUT2D eigenvalue weighted by Gasteiger charge is 2.24. The van der Waals surface area contributed by atoms with E-state index >= 15 is 0 Å². The molecule has 0 bridgehead atoms. The van der Waals surface area contributed by atoms with Crippen molar-refractivity contribution in [2.24, 2.45) is 5.92 Å². The Morgan fingerprint density at radius 3 is 2.85 bits per heavy atom. The molecule has 0 saturated carbocycles. The molecule has 1 aliphatic rings. The highest BCUT2D eigenvalue weighted by molar-refractivity contribution is 6.32. The van der Waals surface area contributed by atoms with Crippen LogP contribution in [-0.2, 0) is 6.54 Å².